The van der Waals surface area contributed by atoms with Crippen LogP contribution in [0.2, 0.25) is 0 Å². The van der Waals surface area contributed by atoms with E-state index in [1.54, 1.807) is 12.1 Å². The first-order chi connectivity index (χ1) is 5.65. The summed E-state index contributed by atoms with van der Waals surface area (Å²) in [5.74, 6) is 0. The number of hydrogen-bond donors (Lipinski definition) is 1. The topological polar surface area (TPSA) is 63.4 Å². The van der Waals surface area contributed by atoms with E-state index in [0.29, 0.717) is 9.66 Å². The van der Waals surface area contributed by atoms with Gasteiger partial charge in [-0.1, -0.05) is 6.07 Å². The van der Waals surface area contributed by atoms with Crippen LogP contribution in [0.15, 0.2) is 22.7 Å². The fourth-order valence-corrected chi connectivity index (χ4v) is 1.47. The van der Waals surface area contributed by atoms with Crippen molar-refractivity contribution in [2.24, 2.45) is 0 Å². The maximum absolute atomic E-state index is 10.4. The zero-order valence-corrected chi connectivity index (χ0v) is 8.41. The minimum atomic E-state index is -0.492. The van der Waals surface area contributed by atoms with Crippen LogP contribution < -0.4 is 5.19 Å². The number of benzene rings is 1. The second kappa shape index (κ2) is 3.79. The van der Waals surface area contributed by atoms with Gasteiger partial charge in [-0.05, 0) is 27.2 Å². The van der Waals surface area contributed by atoms with Gasteiger partial charge in [0.25, 0.3) is 15.5 Å². The maximum Gasteiger partial charge on any atom is 0.283 e. The van der Waals surface area contributed by atoms with E-state index in [1.165, 1.54) is 6.07 Å². The molecule has 0 saturated carbocycles. The molecule has 1 rings (SSSR count). The van der Waals surface area contributed by atoms with Crippen LogP contribution in [0.3, 0.4) is 0 Å². The molecule has 0 aliphatic carbocycles. The van der Waals surface area contributed by atoms with Crippen molar-refractivity contribution in [1.82, 2.24) is 0 Å². The first-order valence-corrected chi connectivity index (χ1v) is 4.73. The van der Waals surface area contributed by atoms with E-state index in [0.717, 1.165) is 0 Å². The lowest BCUT2D eigenvalue weighted by Gasteiger charge is -1.96. The lowest BCUT2D eigenvalue weighted by Crippen LogP contribution is -2.13. The van der Waals surface area contributed by atoms with Crippen LogP contribution in [0, 0.1) is 10.1 Å². The highest BCUT2D eigenvalue weighted by atomic mass is 79.9. The van der Waals surface area contributed by atoms with Gasteiger partial charge in [0.1, 0.15) is 0 Å². The van der Waals surface area contributed by atoms with E-state index in [1.807, 2.05) is 0 Å². The lowest BCUT2D eigenvalue weighted by atomic mass is 10.3. The molecule has 0 bridgehead atoms. The molecule has 1 N–H and O–H groups in total. The van der Waals surface area contributed by atoms with Crippen LogP contribution in [0.5, 0.6) is 0 Å². The third-order valence-corrected chi connectivity index (χ3v) is 2.51. The van der Waals surface area contributed by atoms with Crippen molar-refractivity contribution in [2.45, 2.75) is 0 Å². The minimum Gasteiger partial charge on any atom is -0.428 e. The number of nitrogens with zero attached hydrogens (tertiary/aromatic N) is 1. The summed E-state index contributed by atoms with van der Waals surface area (Å²) >= 11 is 3.04. The van der Waals surface area contributed by atoms with Crippen LogP contribution in [0.4, 0.5) is 5.69 Å². The Morgan fingerprint density at radius 3 is 2.75 bits per heavy atom. The fraction of sp³-hybridized carbons (Fsp3) is 0. The van der Waals surface area contributed by atoms with Gasteiger partial charge in [-0.25, -0.2) is 0 Å². The standard InChI is InChI=1S/C6H4BrNO3Si/c7-5-2-1-4(12-11)3-6(5)8(9)10/h1-3,11H. The Balaban J connectivity index is 3.17. The van der Waals surface area contributed by atoms with Gasteiger partial charge >= 0.3 is 0 Å². The van der Waals surface area contributed by atoms with E-state index in [9.17, 15) is 10.1 Å². The third kappa shape index (κ3) is 1.90. The highest BCUT2D eigenvalue weighted by Crippen LogP contribution is 2.22. The number of halogens is 1. The highest BCUT2D eigenvalue weighted by Gasteiger charge is 2.11. The molecule has 1 aromatic carbocycles. The number of nitro groups is 1. The molecule has 1 aromatic rings. The van der Waals surface area contributed by atoms with Gasteiger partial charge in [-0.15, -0.1) is 0 Å². The van der Waals surface area contributed by atoms with Crippen molar-refractivity contribution in [2.75, 3.05) is 0 Å². The zero-order valence-electron chi connectivity index (χ0n) is 5.82. The van der Waals surface area contributed by atoms with E-state index >= 15 is 0 Å². The molecular weight excluding hydrogens is 242 g/mol. The zero-order chi connectivity index (χ0) is 9.14. The molecule has 4 nitrogen and oxygen atoms in total. The van der Waals surface area contributed by atoms with Gasteiger partial charge in [0, 0.05) is 6.07 Å². The van der Waals surface area contributed by atoms with Gasteiger partial charge in [0.05, 0.1) is 9.40 Å². The molecule has 0 fully saturated rings. The lowest BCUT2D eigenvalue weighted by molar-refractivity contribution is -0.385. The van der Waals surface area contributed by atoms with Crippen LogP contribution in [-0.2, 0) is 0 Å². The molecule has 2 radical (unpaired) electrons. The molecule has 0 aromatic heterocycles. The maximum atomic E-state index is 10.4. The molecule has 0 atom stereocenters. The van der Waals surface area contributed by atoms with E-state index in [2.05, 4.69) is 15.9 Å². The normalized spacial score (nSPS) is 9.83. The largest absolute Gasteiger partial charge is 0.428 e. The molecule has 0 heterocycles. The summed E-state index contributed by atoms with van der Waals surface area (Å²) in [6, 6.07) is 4.54. The summed E-state index contributed by atoms with van der Waals surface area (Å²) in [5, 5.41) is 10.9. The molecular formula is C6H4BrNO3Si. The summed E-state index contributed by atoms with van der Waals surface area (Å²) in [4.78, 5) is 18.6. The number of hydrogen-bond acceptors (Lipinski definition) is 3. The van der Waals surface area contributed by atoms with Gasteiger partial charge in [-0.2, -0.15) is 0 Å². The SMILES string of the molecule is O=[N+]([O-])c1cc([Si]O)ccc1Br. The Labute approximate surface area is 79.4 Å². The Morgan fingerprint density at radius 2 is 2.25 bits per heavy atom. The monoisotopic (exact) mass is 245 g/mol. The molecule has 0 spiro atoms. The summed E-state index contributed by atoms with van der Waals surface area (Å²) in [6.45, 7) is 0. The van der Waals surface area contributed by atoms with Crippen molar-refractivity contribution < 1.29 is 9.72 Å². The highest BCUT2D eigenvalue weighted by molar-refractivity contribution is 9.10. The summed E-state index contributed by atoms with van der Waals surface area (Å²) in [5.41, 5.74) is -0.0194. The van der Waals surface area contributed by atoms with E-state index in [-0.39, 0.29) is 5.69 Å². The molecule has 0 unspecified atom stereocenters. The predicted octanol–water partition coefficient (Wildman–Crippen LogP) is 0.594. The Bertz CT molecular complexity index is 318. The van der Waals surface area contributed by atoms with Crippen LogP contribution in [0.1, 0.15) is 0 Å². The van der Waals surface area contributed by atoms with Gasteiger partial charge < -0.3 is 4.80 Å². The fourth-order valence-electron chi connectivity index (χ4n) is 0.722. The third-order valence-electron chi connectivity index (χ3n) is 1.27. The first-order valence-electron chi connectivity index (χ1n) is 2.99. The smallest absolute Gasteiger partial charge is 0.283 e. The Morgan fingerprint density at radius 1 is 1.58 bits per heavy atom. The molecule has 0 aliphatic rings. The van der Waals surface area contributed by atoms with Crippen molar-refractivity contribution >= 4 is 36.6 Å². The average molecular weight is 246 g/mol. The average Bonchev–Trinajstić information content (AvgIpc) is 2.05. The molecule has 12 heavy (non-hydrogen) atoms. The quantitative estimate of drug-likeness (QED) is 0.472. The van der Waals surface area contributed by atoms with Crippen molar-refractivity contribution in [3.05, 3.63) is 32.8 Å². The van der Waals surface area contributed by atoms with Gasteiger partial charge in [0.2, 0.25) is 0 Å². The summed E-state index contributed by atoms with van der Waals surface area (Å²) in [6.07, 6.45) is 0. The van der Waals surface area contributed by atoms with Crippen molar-refractivity contribution in [1.29, 1.82) is 0 Å². The van der Waals surface area contributed by atoms with Crippen molar-refractivity contribution in [3.63, 3.8) is 0 Å². The summed E-state index contributed by atoms with van der Waals surface area (Å²) < 4.78 is 0.425. The van der Waals surface area contributed by atoms with Crippen molar-refractivity contribution in [3.8, 4) is 0 Å². The Kier molecular flexibility index (Phi) is 2.96. The Hall–Kier alpha value is -0.723. The van der Waals surface area contributed by atoms with E-state index < -0.39 is 14.7 Å². The minimum absolute atomic E-state index is 0.0194. The molecule has 62 valence electrons. The summed E-state index contributed by atoms with van der Waals surface area (Å²) in [7, 11) is -0.410. The first kappa shape index (κ1) is 9.37. The number of rotatable bonds is 2. The van der Waals surface area contributed by atoms with Crippen LogP contribution in [0.25, 0.3) is 0 Å². The predicted molar refractivity (Wildman–Crippen MR) is 48.4 cm³/mol. The van der Waals surface area contributed by atoms with Gasteiger partial charge in [0.15, 0.2) is 0 Å². The van der Waals surface area contributed by atoms with Crippen LogP contribution in [-0.4, -0.2) is 19.5 Å². The molecule has 6 heteroatoms. The molecule has 0 saturated heterocycles. The molecule has 0 amide bonds. The molecule has 0 aliphatic heterocycles. The second-order valence-electron chi connectivity index (χ2n) is 2.04. The van der Waals surface area contributed by atoms with E-state index in [4.69, 9.17) is 4.80 Å². The van der Waals surface area contributed by atoms with Gasteiger partial charge in [-0.3, -0.25) is 10.1 Å². The second-order valence-corrected chi connectivity index (χ2v) is 3.69. The number of nitro benzene ring substituents is 1. The van der Waals surface area contributed by atoms with Crippen LogP contribution >= 0.6 is 15.9 Å².